The van der Waals surface area contributed by atoms with Gasteiger partial charge in [-0.25, -0.2) is 0 Å². The van der Waals surface area contributed by atoms with Crippen LogP contribution >= 0.6 is 22.6 Å². The fourth-order valence-electron chi connectivity index (χ4n) is 2.20. The summed E-state index contributed by atoms with van der Waals surface area (Å²) < 4.78 is 9.05. The highest BCUT2D eigenvalue weighted by molar-refractivity contribution is 14.1. The minimum Gasteiger partial charge on any atom is -0.358 e. The molecule has 0 bridgehead atoms. The van der Waals surface area contributed by atoms with E-state index < -0.39 is 0 Å². The molecular formula is C13H14IN3O. The van der Waals surface area contributed by atoms with E-state index in [9.17, 15) is 0 Å². The second-order valence-electron chi connectivity index (χ2n) is 4.39. The molecule has 1 saturated heterocycles. The van der Waals surface area contributed by atoms with Crippen molar-refractivity contribution >= 4 is 22.6 Å². The van der Waals surface area contributed by atoms with Crippen LogP contribution in [0.15, 0.2) is 30.6 Å². The number of benzene rings is 1. The molecule has 0 aliphatic carbocycles. The number of ether oxygens (including phenoxy) is 1. The first kappa shape index (κ1) is 12.1. The smallest absolute Gasteiger partial charge is 0.165 e. The third-order valence-electron chi connectivity index (χ3n) is 3.14. The summed E-state index contributed by atoms with van der Waals surface area (Å²) in [6.07, 6.45) is 5.24. The molecule has 2 heterocycles. The van der Waals surface area contributed by atoms with E-state index in [2.05, 4.69) is 57.1 Å². The van der Waals surface area contributed by atoms with Gasteiger partial charge >= 0.3 is 0 Å². The van der Waals surface area contributed by atoms with Gasteiger partial charge in [-0.2, -0.15) is 0 Å². The highest BCUT2D eigenvalue weighted by atomic mass is 127. The van der Waals surface area contributed by atoms with Crippen LogP contribution in [0.3, 0.4) is 0 Å². The highest BCUT2D eigenvalue weighted by Crippen LogP contribution is 2.27. The molecule has 0 saturated carbocycles. The molecule has 4 nitrogen and oxygen atoms in total. The van der Waals surface area contributed by atoms with Crippen LogP contribution in [-0.2, 0) is 4.74 Å². The van der Waals surface area contributed by atoms with E-state index >= 15 is 0 Å². The molecule has 5 heteroatoms. The molecule has 18 heavy (non-hydrogen) atoms. The number of hydrogen-bond acceptors (Lipinski definition) is 3. The zero-order chi connectivity index (χ0) is 12.4. The van der Waals surface area contributed by atoms with Crippen molar-refractivity contribution in [2.45, 2.75) is 25.5 Å². The van der Waals surface area contributed by atoms with Crippen LogP contribution in [0.5, 0.6) is 0 Å². The minimum absolute atomic E-state index is 0.0861. The summed E-state index contributed by atoms with van der Waals surface area (Å²) in [7, 11) is 0. The lowest BCUT2D eigenvalue weighted by atomic mass is 10.1. The van der Waals surface area contributed by atoms with Crippen molar-refractivity contribution in [1.82, 2.24) is 14.8 Å². The van der Waals surface area contributed by atoms with Crippen molar-refractivity contribution in [1.29, 1.82) is 0 Å². The van der Waals surface area contributed by atoms with Gasteiger partial charge in [0.1, 0.15) is 12.6 Å². The molecule has 1 aliphatic heterocycles. The second kappa shape index (κ2) is 5.36. The van der Waals surface area contributed by atoms with Crippen molar-refractivity contribution < 1.29 is 4.74 Å². The number of rotatable bonds is 2. The first-order chi connectivity index (χ1) is 8.84. The highest BCUT2D eigenvalue weighted by Gasteiger charge is 2.19. The predicted molar refractivity (Wildman–Crippen MR) is 77.0 cm³/mol. The molecule has 3 rings (SSSR count). The lowest BCUT2D eigenvalue weighted by Gasteiger charge is -2.24. The normalized spacial score (nSPS) is 19.9. The fraction of sp³-hybridized carbons (Fsp3) is 0.385. The molecule has 0 radical (unpaired) electrons. The number of hydrogen-bond donors (Lipinski definition) is 0. The van der Waals surface area contributed by atoms with Crippen molar-refractivity contribution in [2.75, 3.05) is 6.61 Å². The standard InChI is InChI=1S/C13H14IN3O/c14-11-6-4-10(5-7-11)13-16-15-9-17(13)12-3-1-2-8-18-12/h4-7,9,12H,1-3,8H2. The Bertz CT molecular complexity index is 517. The van der Waals surface area contributed by atoms with E-state index in [1.54, 1.807) is 6.33 Å². The summed E-state index contributed by atoms with van der Waals surface area (Å²) in [4.78, 5) is 0. The molecule has 0 N–H and O–H groups in total. The Morgan fingerprint density at radius 2 is 2.06 bits per heavy atom. The van der Waals surface area contributed by atoms with Crippen LogP contribution < -0.4 is 0 Å². The summed E-state index contributed by atoms with van der Waals surface area (Å²) in [6.45, 7) is 0.828. The SMILES string of the molecule is Ic1ccc(-c2nncn2C2CCCCO2)cc1. The Kier molecular flexibility index (Phi) is 3.60. The average molecular weight is 355 g/mol. The van der Waals surface area contributed by atoms with Crippen LogP contribution in [0.25, 0.3) is 11.4 Å². The van der Waals surface area contributed by atoms with Gasteiger partial charge in [0.2, 0.25) is 0 Å². The van der Waals surface area contributed by atoms with Crippen molar-refractivity contribution in [3.05, 3.63) is 34.2 Å². The van der Waals surface area contributed by atoms with Gasteiger partial charge in [0.25, 0.3) is 0 Å². The third-order valence-corrected chi connectivity index (χ3v) is 3.86. The summed E-state index contributed by atoms with van der Waals surface area (Å²) >= 11 is 2.30. The number of aromatic nitrogens is 3. The van der Waals surface area contributed by atoms with Crippen LogP contribution in [0.1, 0.15) is 25.5 Å². The summed E-state index contributed by atoms with van der Waals surface area (Å²) in [5.41, 5.74) is 1.09. The van der Waals surface area contributed by atoms with Crippen LogP contribution in [0, 0.1) is 3.57 Å². The summed E-state index contributed by atoms with van der Waals surface area (Å²) in [5, 5.41) is 8.25. The molecule has 1 unspecified atom stereocenters. The maximum Gasteiger partial charge on any atom is 0.165 e. The van der Waals surface area contributed by atoms with E-state index in [0.717, 1.165) is 30.8 Å². The van der Waals surface area contributed by atoms with Gasteiger partial charge in [-0.15, -0.1) is 10.2 Å². The van der Waals surface area contributed by atoms with E-state index in [0.29, 0.717) is 0 Å². The topological polar surface area (TPSA) is 39.9 Å². The summed E-state index contributed by atoms with van der Waals surface area (Å²) in [6, 6.07) is 8.31. The van der Waals surface area contributed by atoms with Gasteiger partial charge in [-0.05, 0) is 54.0 Å². The van der Waals surface area contributed by atoms with E-state index in [-0.39, 0.29) is 6.23 Å². The molecular weight excluding hydrogens is 341 g/mol. The van der Waals surface area contributed by atoms with E-state index in [1.165, 1.54) is 9.99 Å². The van der Waals surface area contributed by atoms with Gasteiger partial charge in [-0.1, -0.05) is 12.1 Å². The monoisotopic (exact) mass is 355 g/mol. The van der Waals surface area contributed by atoms with E-state index in [1.807, 2.05) is 4.57 Å². The maximum absolute atomic E-state index is 5.79. The molecule has 2 aromatic rings. The van der Waals surface area contributed by atoms with Gasteiger partial charge < -0.3 is 4.74 Å². The van der Waals surface area contributed by atoms with Crippen molar-refractivity contribution in [2.24, 2.45) is 0 Å². The van der Waals surface area contributed by atoms with Crippen LogP contribution in [0.4, 0.5) is 0 Å². The van der Waals surface area contributed by atoms with Crippen molar-refractivity contribution in [3.63, 3.8) is 0 Å². The average Bonchev–Trinajstić information content (AvgIpc) is 2.90. The lowest BCUT2D eigenvalue weighted by molar-refractivity contribution is -0.0311. The molecule has 1 aromatic carbocycles. The maximum atomic E-state index is 5.79. The largest absolute Gasteiger partial charge is 0.358 e. The third kappa shape index (κ3) is 2.42. The van der Waals surface area contributed by atoms with Gasteiger partial charge in [0.15, 0.2) is 5.82 Å². The first-order valence-corrected chi connectivity index (χ1v) is 7.19. The molecule has 0 amide bonds. The number of halogens is 1. The lowest BCUT2D eigenvalue weighted by Crippen LogP contribution is -2.18. The molecule has 94 valence electrons. The number of nitrogens with zero attached hydrogens (tertiary/aromatic N) is 3. The molecule has 1 aliphatic rings. The Hall–Kier alpha value is -0.950. The van der Waals surface area contributed by atoms with Crippen LogP contribution in [0.2, 0.25) is 0 Å². The summed E-state index contributed by atoms with van der Waals surface area (Å²) in [5.74, 6) is 0.887. The van der Waals surface area contributed by atoms with Gasteiger partial charge in [0.05, 0.1) is 0 Å². The van der Waals surface area contributed by atoms with Crippen molar-refractivity contribution in [3.8, 4) is 11.4 Å². The zero-order valence-electron chi connectivity index (χ0n) is 9.92. The molecule has 0 spiro atoms. The minimum atomic E-state index is 0.0861. The molecule has 1 fully saturated rings. The van der Waals surface area contributed by atoms with Gasteiger partial charge in [0, 0.05) is 15.7 Å². The zero-order valence-corrected chi connectivity index (χ0v) is 12.1. The quantitative estimate of drug-likeness (QED) is 0.777. The fourth-order valence-corrected chi connectivity index (χ4v) is 2.56. The predicted octanol–water partition coefficient (Wildman–Crippen LogP) is 3.25. The second-order valence-corrected chi connectivity index (χ2v) is 5.64. The Morgan fingerprint density at radius 3 is 2.78 bits per heavy atom. The first-order valence-electron chi connectivity index (χ1n) is 6.11. The van der Waals surface area contributed by atoms with E-state index in [4.69, 9.17) is 4.74 Å². The Morgan fingerprint density at radius 1 is 1.22 bits per heavy atom. The van der Waals surface area contributed by atoms with Gasteiger partial charge in [-0.3, -0.25) is 4.57 Å². The van der Waals surface area contributed by atoms with Crippen LogP contribution in [-0.4, -0.2) is 21.4 Å². The Balaban J connectivity index is 1.93. The Labute approximate surface area is 120 Å². The molecule has 1 aromatic heterocycles. The molecule has 1 atom stereocenters.